The Hall–Kier alpha value is -0.330. The number of Topliss-reactive ketones (excluding diaryl/α,β-unsaturated/α-hetero) is 1. The number of carbonyl (C=O) groups is 1. The minimum atomic E-state index is 0.505. The van der Waals surface area contributed by atoms with Crippen LogP contribution in [0.15, 0.2) is 0 Å². The Kier molecular flexibility index (Phi) is 4.47. The van der Waals surface area contributed by atoms with Gasteiger partial charge in [0.05, 0.1) is 0 Å². The first-order valence-electron chi connectivity index (χ1n) is 5.70. The van der Waals surface area contributed by atoms with Crippen LogP contribution in [0.3, 0.4) is 0 Å². The van der Waals surface area contributed by atoms with Gasteiger partial charge in [0, 0.05) is 12.8 Å². The van der Waals surface area contributed by atoms with Crippen molar-refractivity contribution in [3.63, 3.8) is 0 Å². The highest BCUT2D eigenvalue weighted by Gasteiger charge is 2.19. The van der Waals surface area contributed by atoms with Crippen LogP contribution in [0, 0.1) is 11.8 Å². The Balaban J connectivity index is 1.97. The maximum Gasteiger partial charge on any atom is 0.133 e. The fourth-order valence-corrected chi connectivity index (χ4v) is 1.83. The molecule has 0 bridgehead atoms. The molecule has 1 rings (SSSR count). The molecule has 0 aliphatic heterocycles. The van der Waals surface area contributed by atoms with E-state index in [1.807, 2.05) is 0 Å². The minimum absolute atomic E-state index is 0.505. The van der Waals surface area contributed by atoms with Crippen LogP contribution in [-0.2, 0) is 4.79 Å². The van der Waals surface area contributed by atoms with Gasteiger partial charge in [-0.15, -0.1) is 0 Å². The van der Waals surface area contributed by atoms with E-state index in [0.717, 1.165) is 31.1 Å². The Labute approximate surface area is 81.9 Å². The lowest BCUT2D eigenvalue weighted by molar-refractivity contribution is -0.120. The molecule has 1 saturated carbocycles. The third-order valence-electron chi connectivity index (χ3n) is 2.98. The summed E-state index contributed by atoms with van der Waals surface area (Å²) in [5, 5.41) is 0. The quantitative estimate of drug-likeness (QED) is 0.613. The SMILES string of the molecule is CC(C)CCCC(=O)CC1CCC1. The van der Waals surface area contributed by atoms with Gasteiger partial charge in [-0.05, 0) is 18.3 Å². The Morgan fingerprint density at radius 2 is 2.08 bits per heavy atom. The van der Waals surface area contributed by atoms with Gasteiger partial charge in [0.25, 0.3) is 0 Å². The van der Waals surface area contributed by atoms with Crippen LogP contribution in [0.5, 0.6) is 0 Å². The van der Waals surface area contributed by atoms with Gasteiger partial charge in [0.1, 0.15) is 5.78 Å². The third-order valence-corrected chi connectivity index (χ3v) is 2.98. The van der Waals surface area contributed by atoms with Gasteiger partial charge in [-0.2, -0.15) is 0 Å². The van der Waals surface area contributed by atoms with Gasteiger partial charge in [-0.3, -0.25) is 4.79 Å². The maximum atomic E-state index is 11.4. The first-order valence-corrected chi connectivity index (χ1v) is 5.70. The van der Waals surface area contributed by atoms with Crippen molar-refractivity contribution >= 4 is 5.78 Å². The Morgan fingerprint density at radius 3 is 2.54 bits per heavy atom. The summed E-state index contributed by atoms with van der Waals surface area (Å²) in [5.41, 5.74) is 0. The Morgan fingerprint density at radius 1 is 1.38 bits per heavy atom. The lowest BCUT2D eigenvalue weighted by Crippen LogP contribution is -2.15. The highest BCUT2D eigenvalue weighted by atomic mass is 16.1. The highest BCUT2D eigenvalue weighted by molar-refractivity contribution is 5.78. The van der Waals surface area contributed by atoms with Gasteiger partial charge < -0.3 is 0 Å². The zero-order chi connectivity index (χ0) is 9.68. The van der Waals surface area contributed by atoms with E-state index in [4.69, 9.17) is 0 Å². The normalized spacial score (nSPS) is 17.5. The molecule has 13 heavy (non-hydrogen) atoms. The average molecular weight is 182 g/mol. The first kappa shape index (κ1) is 10.7. The summed E-state index contributed by atoms with van der Waals surface area (Å²) in [6.45, 7) is 4.44. The second kappa shape index (κ2) is 5.41. The monoisotopic (exact) mass is 182 g/mol. The number of hydrogen-bond acceptors (Lipinski definition) is 1. The standard InChI is InChI=1S/C12H22O/c1-10(2)5-3-8-12(13)9-11-6-4-7-11/h10-11H,3-9H2,1-2H3. The molecule has 1 aliphatic carbocycles. The van der Waals surface area contributed by atoms with Crippen LogP contribution in [0.4, 0.5) is 0 Å². The van der Waals surface area contributed by atoms with Crippen molar-refractivity contribution in [2.24, 2.45) is 11.8 Å². The van der Waals surface area contributed by atoms with Crippen molar-refractivity contribution in [1.82, 2.24) is 0 Å². The molecule has 0 N–H and O–H groups in total. The summed E-state index contributed by atoms with van der Waals surface area (Å²) in [4.78, 5) is 11.4. The van der Waals surface area contributed by atoms with E-state index >= 15 is 0 Å². The van der Waals surface area contributed by atoms with Crippen LogP contribution < -0.4 is 0 Å². The molecule has 1 heteroatoms. The minimum Gasteiger partial charge on any atom is -0.300 e. The molecule has 0 amide bonds. The fourth-order valence-electron chi connectivity index (χ4n) is 1.83. The largest absolute Gasteiger partial charge is 0.300 e. The molecule has 0 unspecified atom stereocenters. The summed E-state index contributed by atoms with van der Waals surface area (Å²) < 4.78 is 0. The summed E-state index contributed by atoms with van der Waals surface area (Å²) in [5.74, 6) is 2.01. The van der Waals surface area contributed by atoms with Crippen LogP contribution in [0.25, 0.3) is 0 Å². The number of rotatable bonds is 6. The van der Waals surface area contributed by atoms with E-state index in [1.165, 1.54) is 25.7 Å². The summed E-state index contributed by atoms with van der Waals surface area (Å²) in [6, 6.07) is 0. The molecule has 0 saturated heterocycles. The lowest BCUT2D eigenvalue weighted by atomic mass is 9.81. The van der Waals surface area contributed by atoms with Crippen molar-refractivity contribution in [2.75, 3.05) is 0 Å². The van der Waals surface area contributed by atoms with E-state index in [1.54, 1.807) is 0 Å². The number of ketones is 1. The average Bonchev–Trinajstić information content (AvgIpc) is 1.96. The molecular formula is C12H22O. The molecule has 1 fully saturated rings. The summed E-state index contributed by atoms with van der Waals surface area (Å²) in [6.07, 6.45) is 7.96. The molecule has 0 heterocycles. The van der Waals surface area contributed by atoms with Crippen molar-refractivity contribution in [3.05, 3.63) is 0 Å². The molecule has 1 aliphatic rings. The first-order chi connectivity index (χ1) is 6.18. The predicted molar refractivity (Wildman–Crippen MR) is 55.7 cm³/mol. The molecule has 76 valence electrons. The number of hydrogen-bond donors (Lipinski definition) is 0. The maximum absolute atomic E-state index is 11.4. The van der Waals surface area contributed by atoms with Crippen molar-refractivity contribution in [2.45, 2.75) is 58.8 Å². The van der Waals surface area contributed by atoms with Gasteiger partial charge in [-0.1, -0.05) is 39.5 Å². The fraction of sp³-hybridized carbons (Fsp3) is 0.917. The summed E-state index contributed by atoms with van der Waals surface area (Å²) in [7, 11) is 0. The van der Waals surface area contributed by atoms with Crippen molar-refractivity contribution < 1.29 is 4.79 Å². The zero-order valence-electron chi connectivity index (χ0n) is 9.01. The van der Waals surface area contributed by atoms with Gasteiger partial charge in [-0.25, -0.2) is 0 Å². The van der Waals surface area contributed by atoms with Crippen LogP contribution >= 0.6 is 0 Å². The summed E-state index contributed by atoms with van der Waals surface area (Å²) >= 11 is 0. The van der Waals surface area contributed by atoms with E-state index < -0.39 is 0 Å². The second-order valence-electron chi connectivity index (χ2n) is 4.83. The van der Waals surface area contributed by atoms with Gasteiger partial charge in [0.15, 0.2) is 0 Å². The topological polar surface area (TPSA) is 17.1 Å². The van der Waals surface area contributed by atoms with Crippen molar-refractivity contribution in [1.29, 1.82) is 0 Å². The molecule has 0 spiro atoms. The second-order valence-corrected chi connectivity index (χ2v) is 4.83. The molecule has 0 aromatic carbocycles. The van der Waals surface area contributed by atoms with E-state index in [2.05, 4.69) is 13.8 Å². The van der Waals surface area contributed by atoms with E-state index in [9.17, 15) is 4.79 Å². The zero-order valence-corrected chi connectivity index (χ0v) is 9.01. The molecule has 0 aromatic heterocycles. The van der Waals surface area contributed by atoms with Gasteiger partial charge in [0.2, 0.25) is 0 Å². The molecule has 0 radical (unpaired) electrons. The van der Waals surface area contributed by atoms with Crippen LogP contribution in [-0.4, -0.2) is 5.78 Å². The van der Waals surface area contributed by atoms with E-state index in [-0.39, 0.29) is 0 Å². The highest BCUT2D eigenvalue weighted by Crippen LogP contribution is 2.30. The molecule has 1 nitrogen and oxygen atoms in total. The predicted octanol–water partition coefficient (Wildman–Crippen LogP) is 3.57. The van der Waals surface area contributed by atoms with Crippen LogP contribution in [0.1, 0.15) is 58.8 Å². The van der Waals surface area contributed by atoms with Gasteiger partial charge >= 0.3 is 0 Å². The van der Waals surface area contributed by atoms with Crippen molar-refractivity contribution in [3.8, 4) is 0 Å². The molecule has 0 atom stereocenters. The Bertz CT molecular complexity index is 157. The lowest BCUT2D eigenvalue weighted by Gasteiger charge is -2.24. The third kappa shape index (κ3) is 4.44. The van der Waals surface area contributed by atoms with E-state index in [0.29, 0.717) is 5.78 Å². The van der Waals surface area contributed by atoms with Crippen LogP contribution in [0.2, 0.25) is 0 Å². The number of carbonyl (C=O) groups excluding carboxylic acids is 1. The molecular weight excluding hydrogens is 160 g/mol. The smallest absolute Gasteiger partial charge is 0.133 e. The molecule has 0 aromatic rings.